The lowest BCUT2D eigenvalue weighted by Gasteiger charge is -2.17. The number of aromatic nitrogens is 4. The molecule has 4 atom stereocenters. The summed E-state index contributed by atoms with van der Waals surface area (Å²) in [4.78, 5) is 5.47. The molecular weight excluding hydrogens is 1820 g/mol. The van der Waals surface area contributed by atoms with Gasteiger partial charge in [0.2, 0.25) is 0 Å². The van der Waals surface area contributed by atoms with Crippen LogP contribution in [0.15, 0.2) is 47.2 Å². The van der Waals surface area contributed by atoms with Gasteiger partial charge in [-0.3, -0.25) is 0 Å². The monoisotopic (exact) mass is 1990 g/mol. The third-order valence-electron chi connectivity index (χ3n) is 28.9. The van der Waals surface area contributed by atoms with E-state index in [-0.39, 0.29) is 32.0 Å². The molecule has 10 rings (SSSR count). The van der Waals surface area contributed by atoms with Gasteiger partial charge in [0.15, 0.2) is 23.3 Å². The van der Waals surface area contributed by atoms with Crippen molar-refractivity contribution in [3.05, 3.63) is 104 Å². The van der Waals surface area contributed by atoms with Gasteiger partial charge in [-0.25, -0.2) is 26.3 Å². The first-order valence-electron chi connectivity index (χ1n) is 55.0. The molecule has 8 aromatic heterocycles. The van der Waals surface area contributed by atoms with E-state index in [1.807, 2.05) is 12.1 Å². The smallest absolute Gasteiger partial charge is 0.170 e. The molecule has 0 radical (unpaired) electrons. The van der Waals surface area contributed by atoms with E-state index in [1.54, 1.807) is 12.1 Å². The zero-order chi connectivity index (χ0) is 94.7. The Morgan fingerprint density at radius 1 is 0.216 bits per heavy atom. The lowest BCUT2D eigenvalue weighted by Crippen LogP contribution is -2.05. The molecule has 10 aromatic rings. The lowest BCUT2D eigenvalue weighted by molar-refractivity contribution is 0.400. The number of thiophene rings is 6. The first kappa shape index (κ1) is 112. The molecule has 4 unspecified atom stereocenters. The highest BCUT2D eigenvalue weighted by molar-refractivity contribution is 7.29. The molecule has 0 bridgehead atoms. The number of benzene rings is 2. The van der Waals surface area contributed by atoms with E-state index in [2.05, 4.69) is 78.3 Å². The fourth-order valence-corrected chi connectivity index (χ4v) is 28.9. The quantitative estimate of drug-likeness (QED) is 0.0282. The minimum absolute atomic E-state index is 0.0804. The first-order chi connectivity index (χ1) is 65.8. The number of nitrogens with zero attached hydrogens (tertiary/aromatic N) is 4. The summed E-state index contributed by atoms with van der Waals surface area (Å²) >= 11 is 10.1. The van der Waals surface area contributed by atoms with Gasteiger partial charge in [0.25, 0.3) is 0 Å². The second-order valence-corrected chi connectivity index (χ2v) is 47.5. The Labute approximate surface area is 841 Å². The fraction of sp³-hybridized carbons (Fsp3) is 0.690. The third kappa shape index (κ3) is 36.4. The highest BCUT2D eigenvalue weighted by Gasteiger charge is 2.34. The summed E-state index contributed by atoms with van der Waals surface area (Å²) in [6, 6.07) is 11.4. The standard InChI is InChI=1S/C116H172F6N4S8/c1-9-17-25-33-41-45-53-59-67-85(65-57-49-37-29-21-13-5)73-89-77-95(127-83-89)101-105(119)107(121)103(111-109(101)123-133-125-111)97-79-91(75-87(69-61-51-39-31-23-15-7)71-63-55-47-43-35-27-19-11-3)113(129-97)99-81-93(117)115(131-99)116-94(118)82-100(132-116)114-92(76-88(70-62-52-40-32-24-16-8)72-64-56-48-44-36-28-20-12-4)80-98(130-114)104-108(122)106(120)102(110-112(104)126-134-124-110)96-78-90(84-128-96)74-86(66-58-50-38-30-22-14-6)68-60-54-46-42-34-26-18-10-2/h77-88H,9-76H2,1-8H3. The van der Waals surface area contributed by atoms with Gasteiger partial charge in [-0.15, -0.1) is 68.0 Å². The van der Waals surface area contributed by atoms with E-state index >= 15 is 26.3 Å². The van der Waals surface area contributed by atoms with Crippen molar-refractivity contribution < 1.29 is 26.3 Å². The van der Waals surface area contributed by atoms with E-state index in [0.717, 1.165) is 134 Å². The van der Waals surface area contributed by atoms with E-state index in [4.69, 9.17) is 17.5 Å². The van der Waals surface area contributed by atoms with Crippen LogP contribution in [0.3, 0.4) is 0 Å². The van der Waals surface area contributed by atoms with Gasteiger partial charge >= 0.3 is 0 Å². The summed E-state index contributed by atoms with van der Waals surface area (Å²) < 4.78 is 127. The topological polar surface area (TPSA) is 51.6 Å². The summed E-state index contributed by atoms with van der Waals surface area (Å²) in [5.74, 6) is -3.24. The molecule has 0 N–H and O–H groups in total. The van der Waals surface area contributed by atoms with E-state index in [1.165, 1.54) is 413 Å². The first-order valence-corrected chi connectivity index (χ1v) is 61.5. The maximum absolute atomic E-state index is 18.1. The average molecular weight is 1990 g/mol. The predicted molar refractivity (Wildman–Crippen MR) is 583 cm³/mol. The van der Waals surface area contributed by atoms with Crippen LogP contribution in [-0.4, -0.2) is 17.5 Å². The van der Waals surface area contributed by atoms with E-state index in [0.29, 0.717) is 87.8 Å². The molecule has 0 aliphatic carbocycles. The Morgan fingerprint density at radius 2 is 0.418 bits per heavy atom. The van der Waals surface area contributed by atoms with Gasteiger partial charge in [-0.2, -0.15) is 17.5 Å². The van der Waals surface area contributed by atoms with Crippen LogP contribution in [0, 0.1) is 58.6 Å². The molecule has 0 amide bonds. The van der Waals surface area contributed by atoms with Crippen LogP contribution in [0.2, 0.25) is 0 Å². The molecule has 0 fully saturated rings. The molecule has 746 valence electrons. The van der Waals surface area contributed by atoms with Crippen LogP contribution in [0.25, 0.3) is 93.1 Å². The molecule has 4 nitrogen and oxygen atoms in total. The van der Waals surface area contributed by atoms with Crippen molar-refractivity contribution in [3.8, 4) is 71.0 Å². The Kier molecular flexibility index (Phi) is 54.3. The van der Waals surface area contributed by atoms with Crippen molar-refractivity contribution in [1.29, 1.82) is 0 Å². The molecule has 0 spiro atoms. The second kappa shape index (κ2) is 65.1. The summed E-state index contributed by atoms with van der Waals surface area (Å²) in [5.41, 5.74) is 6.09. The van der Waals surface area contributed by atoms with Crippen molar-refractivity contribution >= 4 is 114 Å². The van der Waals surface area contributed by atoms with Crippen molar-refractivity contribution in [1.82, 2.24) is 17.5 Å². The molecule has 0 aliphatic heterocycles. The Bertz CT molecular complexity index is 4520. The van der Waals surface area contributed by atoms with Gasteiger partial charge in [-0.05, 0) is 119 Å². The largest absolute Gasteiger partial charge is 0.205 e. The van der Waals surface area contributed by atoms with Crippen LogP contribution in [0.5, 0.6) is 0 Å². The normalized spacial score (nSPS) is 13.0. The zero-order valence-electron chi connectivity index (χ0n) is 84.3. The summed E-state index contributed by atoms with van der Waals surface area (Å²) in [6.07, 6.45) is 81.3. The number of hydrogen-bond acceptors (Lipinski definition) is 12. The van der Waals surface area contributed by atoms with Gasteiger partial charge < -0.3 is 0 Å². The molecule has 0 saturated carbocycles. The zero-order valence-corrected chi connectivity index (χ0v) is 90.9. The lowest BCUT2D eigenvalue weighted by atomic mass is 9.88. The molecule has 8 heterocycles. The van der Waals surface area contributed by atoms with E-state index < -0.39 is 34.9 Å². The van der Waals surface area contributed by atoms with Gasteiger partial charge in [-0.1, -0.05) is 466 Å². The molecule has 2 aromatic carbocycles. The Balaban J connectivity index is 1.02. The molecule has 0 aliphatic rings. The van der Waals surface area contributed by atoms with Gasteiger partial charge in [0, 0.05) is 39.0 Å². The number of hydrogen-bond donors (Lipinski definition) is 0. The second-order valence-electron chi connectivity index (χ2n) is 40.4. The predicted octanol–water partition coefficient (Wildman–Crippen LogP) is 44.3. The molecular formula is C116H172F6N4S8. The summed E-state index contributed by atoms with van der Waals surface area (Å²) in [7, 11) is 0. The van der Waals surface area contributed by atoms with Crippen LogP contribution in [0.1, 0.15) is 489 Å². The van der Waals surface area contributed by atoms with Crippen LogP contribution < -0.4 is 0 Å². The fourth-order valence-electron chi connectivity index (χ4n) is 20.9. The highest BCUT2D eigenvalue weighted by atomic mass is 32.1. The Hall–Kier alpha value is -4.14. The minimum atomic E-state index is -0.956. The highest BCUT2D eigenvalue weighted by Crippen LogP contribution is 2.54. The van der Waals surface area contributed by atoms with Crippen molar-refractivity contribution in [2.75, 3.05) is 0 Å². The van der Waals surface area contributed by atoms with Gasteiger partial charge in [0.1, 0.15) is 33.7 Å². The van der Waals surface area contributed by atoms with E-state index in [9.17, 15) is 0 Å². The van der Waals surface area contributed by atoms with Crippen LogP contribution in [0.4, 0.5) is 26.3 Å². The minimum Gasteiger partial charge on any atom is -0.205 e. The maximum atomic E-state index is 18.1. The number of fused-ring (bicyclic) bond motifs is 2. The van der Waals surface area contributed by atoms with Crippen LogP contribution in [-0.2, 0) is 25.7 Å². The van der Waals surface area contributed by atoms with Gasteiger partial charge in [0.05, 0.1) is 55.5 Å². The van der Waals surface area contributed by atoms with Crippen molar-refractivity contribution in [3.63, 3.8) is 0 Å². The number of unbranched alkanes of at least 4 members (excludes halogenated alkanes) is 48. The molecule has 134 heavy (non-hydrogen) atoms. The van der Waals surface area contributed by atoms with Crippen molar-refractivity contribution in [2.24, 2.45) is 23.7 Å². The van der Waals surface area contributed by atoms with Crippen molar-refractivity contribution in [2.45, 2.75) is 492 Å². The van der Waals surface area contributed by atoms with Crippen LogP contribution >= 0.6 is 91.5 Å². The summed E-state index contributed by atoms with van der Waals surface area (Å²) in [5, 5.41) is 4.32. The maximum Gasteiger partial charge on any atom is 0.170 e. The SMILES string of the molecule is CCCCCCCCCCC(CCCCCCCC)Cc1csc(-c2c(F)c(F)c(-c3cc(CC(CCCCCCCC)CCCCCCCCCC)c(-c4cc(F)c(-c5sc(-c6sc(-c7c(F)c(F)c(-c8cc(CC(CCCCCCCC)CCCCCCCCCC)cs8)c8nsnc78)cc6CC(CCCCCCCC)CCCCCCCCCC)cc5F)s4)s3)c3nsnc23)c1. The molecule has 0 saturated heterocycles. The molecule has 18 heteroatoms. The number of rotatable bonds is 79. The Morgan fingerprint density at radius 3 is 0.649 bits per heavy atom. The summed E-state index contributed by atoms with van der Waals surface area (Å²) in [6.45, 7) is 18.1. The number of halogens is 6. The average Bonchev–Trinajstić information content (AvgIpc) is 1.55. The third-order valence-corrected chi connectivity index (χ3v) is 37.1.